The van der Waals surface area contributed by atoms with Crippen LogP contribution in [0, 0.1) is 0 Å². The van der Waals surface area contributed by atoms with Gasteiger partial charge >= 0.3 is 0 Å². The summed E-state index contributed by atoms with van der Waals surface area (Å²) in [6.45, 7) is 1.89. The van der Waals surface area contributed by atoms with Gasteiger partial charge in [-0.25, -0.2) is 0 Å². The molecule has 0 spiro atoms. The zero-order chi connectivity index (χ0) is 14.7. The third kappa shape index (κ3) is 2.98. The van der Waals surface area contributed by atoms with Crippen LogP contribution in [0.3, 0.4) is 0 Å². The first-order valence-corrected chi connectivity index (χ1v) is 7.39. The van der Waals surface area contributed by atoms with Gasteiger partial charge in [-0.05, 0) is 36.2 Å². The van der Waals surface area contributed by atoms with Crippen LogP contribution in [0.1, 0.15) is 16.8 Å². The van der Waals surface area contributed by atoms with Crippen molar-refractivity contribution in [3.05, 3.63) is 60.2 Å². The highest BCUT2D eigenvalue weighted by Gasteiger charge is 2.23. The molecule has 0 saturated carbocycles. The summed E-state index contributed by atoms with van der Waals surface area (Å²) in [5.74, 6) is 0.100. The van der Waals surface area contributed by atoms with E-state index in [4.69, 9.17) is 0 Å². The molecule has 1 N–H and O–H groups in total. The van der Waals surface area contributed by atoms with E-state index in [1.54, 1.807) is 0 Å². The number of carbonyl (C=O) groups is 1. The summed E-state index contributed by atoms with van der Waals surface area (Å²) < 4.78 is 0. The van der Waals surface area contributed by atoms with Crippen LogP contribution in [0.5, 0.6) is 0 Å². The first-order valence-electron chi connectivity index (χ1n) is 7.39. The third-order valence-corrected chi connectivity index (χ3v) is 4.14. The summed E-state index contributed by atoms with van der Waals surface area (Å²) in [5, 5.41) is 3.30. The molecule has 1 unspecified atom stereocenters. The molecule has 108 valence electrons. The zero-order valence-electron chi connectivity index (χ0n) is 12.3. The lowest BCUT2D eigenvalue weighted by Gasteiger charge is -2.23. The van der Waals surface area contributed by atoms with Gasteiger partial charge in [0.25, 0.3) is 5.91 Å². The Hall–Kier alpha value is -2.13. The predicted octanol–water partition coefficient (Wildman–Crippen LogP) is 2.79. The van der Waals surface area contributed by atoms with Crippen LogP contribution in [-0.2, 0) is 0 Å². The van der Waals surface area contributed by atoms with Crippen molar-refractivity contribution in [3.63, 3.8) is 0 Å². The molecule has 1 heterocycles. The molecular formula is C18H20N2O. The number of rotatable bonds is 3. The lowest BCUT2D eigenvalue weighted by molar-refractivity contribution is 0.0744. The summed E-state index contributed by atoms with van der Waals surface area (Å²) in [6.07, 6.45) is 1.03. The first-order chi connectivity index (χ1) is 10.3. The van der Waals surface area contributed by atoms with E-state index in [2.05, 4.69) is 17.4 Å². The first kappa shape index (κ1) is 13.8. The summed E-state index contributed by atoms with van der Waals surface area (Å²) in [7, 11) is 1.89. The zero-order valence-corrected chi connectivity index (χ0v) is 12.3. The Morgan fingerprint density at radius 1 is 1.05 bits per heavy atom. The predicted molar refractivity (Wildman–Crippen MR) is 85.2 cm³/mol. The maximum Gasteiger partial charge on any atom is 0.253 e. The Kier molecular flexibility index (Phi) is 4.02. The minimum Gasteiger partial charge on any atom is -0.337 e. The molecule has 1 amide bonds. The van der Waals surface area contributed by atoms with E-state index in [-0.39, 0.29) is 5.91 Å². The normalized spacial score (nSPS) is 17.7. The van der Waals surface area contributed by atoms with Crippen LogP contribution in [0.25, 0.3) is 11.1 Å². The topological polar surface area (TPSA) is 32.3 Å². The fourth-order valence-corrected chi connectivity index (χ4v) is 2.78. The Labute approximate surface area is 125 Å². The van der Waals surface area contributed by atoms with Crippen molar-refractivity contribution in [2.75, 3.05) is 20.1 Å². The molecule has 3 heteroatoms. The Morgan fingerprint density at radius 3 is 2.33 bits per heavy atom. The molecule has 0 aromatic heterocycles. The lowest BCUT2D eigenvalue weighted by atomic mass is 10.0. The minimum absolute atomic E-state index is 0.100. The van der Waals surface area contributed by atoms with Crippen LogP contribution < -0.4 is 5.32 Å². The van der Waals surface area contributed by atoms with Crippen LogP contribution >= 0.6 is 0 Å². The fourth-order valence-electron chi connectivity index (χ4n) is 2.78. The average Bonchev–Trinajstić information content (AvgIpc) is 3.09. The van der Waals surface area contributed by atoms with Gasteiger partial charge in [-0.3, -0.25) is 4.79 Å². The van der Waals surface area contributed by atoms with Crippen LogP contribution in [0.15, 0.2) is 54.6 Å². The molecule has 2 aromatic carbocycles. The van der Waals surface area contributed by atoms with Crippen LogP contribution in [0.2, 0.25) is 0 Å². The summed E-state index contributed by atoms with van der Waals surface area (Å²) >= 11 is 0. The molecule has 3 rings (SSSR count). The van der Waals surface area contributed by atoms with Gasteiger partial charge in [0.2, 0.25) is 0 Å². The van der Waals surface area contributed by atoms with E-state index < -0.39 is 0 Å². The molecule has 1 fully saturated rings. The van der Waals surface area contributed by atoms with Gasteiger partial charge < -0.3 is 10.2 Å². The van der Waals surface area contributed by atoms with Crippen molar-refractivity contribution in [2.45, 2.75) is 12.5 Å². The van der Waals surface area contributed by atoms with Crippen molar-refractivity contribution in [1.29, 1.82) is 0 Å². The number of nitrogens with one attached hydrogen (secondary N) is 1. The highest BCUT2D eigenvalue weighted by molar-refractivity contribution is 5.94. The highest BCUT2D eigenvalue weighted by Crippen LogP contribution is 2.20. The maximum absolute atomic E-state index is 12.5. The van der Waals surface area contributed by atoms with E-state index in [0.717, 1.165) is 30.6 Å². The van der Waals surface area contributed by atoms with E-state index >= 15 is 0 Å². The maximum atomic E-state index is 12.5. The molecular weight excluding hydrogens is 260 g/mol. The molecule has 1 aliphatic heterocycles. The SMILES string of the molecule is CN(C(=O)c1ccc(-c2ccccc2)cc1)C1CCNC1. The number of amides is 1. The second-order valence-electron chi connectivity index (χ2n) is 5.51. The number of benzene rings is 2. The Morgan fingerprint density at radius 2 is 1.71 bits per heavy atom. The smallest absolute Gasteiger partial charge is 0.253 e. The number of carbonyl (C=O) groups excluding carboxylic acids is 1. The fraction of sp³-hybridized carbons (Fsp3) is 0.278. The van der Waals surface area contributed by atoms with Gasteiger partial charge in [0, 0.05) is 25.2 Å². The molecule has 1 atom stereocenters. The van der Waals surface area contributed by atoms with E-state index in [9.17, 15) is 4.79 Å². The molecule has 1 aliphatic rings. The van der Waals surface area contributed by atoms with Crippen LogP contribution in [-0.4, -0.2) is 37.0 Å². The quantitative estimate of drug-likeness (QED) is 0.937. The van der Waals surface area contributed by atoms with Gasteiger partial charge in [-0.2, -0.15) is 0 Å². The highest BCUT2D eigenvalue weighted by atomic mass is 16.2. The largest absolute Gasteiger partial charge is 0.337 e. The van der Waals surface area contributed by atoms with E-state index in [1.807, 2.05) is 54.4 Å². The second kappa shape index (κ2) is 6.10. The number of hydrogen-bond acceptors (Lipinski definition) is 2. The van der Waals surface area contributed by atoms with Crippen molar-refractivity contribution >= 4 is 5.91 Å². The third-order valence-electron chi connectivity index (χ3n) is 4.14. The molecule has 1 saturated heterocycles. The number of hydrogen-bond donors (Lipinski definition) is 1. The molecule has 0 bridgehead atoms. The van der Waals surface area contributed by atoms with Crippen molar-refractivity contribution in [3.8, 4) is 11.1 Å². The minimum atomic E-state index is 0.100. The summed E-state index contributed by atoms with van der Waals surface area (Å²) in [5.41, 5.74) is 3.06. The average molecular weight is 280 g/mol. The Balaban J connectivity index is 1.76. The monoisotopic (exact) mass is 280 g/mol. The molecule has 2 aromatic rings. The molecule has 0 radical (unpaired) electrons. The van der Waals surface area contributed by atoms with Crippen molar-refractivity contribution in [1.82, 2.24) is 10.2 Å². The van der Waals surface area contributed by atoms with E-state index in [0.29, 0.717) is 6.04 Å². The Bertz CT molecular complexity index is 601. The van der Waals surface area contributed by atoms with Gasteiger partial charge in [-0.1, -0.05) is 42.5 Å². The van der Waals surface area contributed by atoms with Crippen molar-refractivity contribution < 1.29 is 4.79 Å². The van der Waals surface area contributed by atoms with Gasteiger partial charge in [0.05, 0.1) is 0 Å². The number of likely N-dealkylation sites (N-methyl/N-ethyl adjacent to an activating group) is 1. The van der Waals surface area contributed by atoms with Gasteiger partial charge in [0.15, 0.2) is 0 Å². The number of nitrogens with zero attached hydrogens (tertiary/aromatic N) is 1. The molecule has 21 heavy (non-hydrogen) atoms. The summed E-state index contributed by atoms with van der Waals surface area (Å²) in [4.78, 5) is 14.3. The van der Waals surface area contributed by atoms with Gasteiger partial charge in [0.1, 0.15) is 0 Å². The standard InChI is InChI=1S/C18H20N2O/c1-20(17-11-12-19-13-17)18(21)16-9-7-15(8-10-16)14-5-3-2-4-6-14/h2-10,17,19H,11-13H2,1H3. The van der Waals surface area contributed by atoms with E-state index in [1.165, 1.54) is 5.56 Å². The van der Waals surface area contributed by atoms with Crippen LogP contribution in [0.4, 0.5) is 0 Å². The lowest BCUT2D eigenvalue weighted by Crippen LogP contribution is -2.38. The van der Waals surface area contributed by atoms with Gasteiger partial charge in [-0.15, -0.1) is 0 Å². The molecule has 3 nitrogen and oxygen atoms in total. The molecule has 0 aliphatic carbocycles. The van der Waals surface area contributed by atoms with Crippen molar-refractivity contribution in [2.24, 2.45) is 0 Å². The summed E-state index contributed by atoms with van der Waals surface area (Å²) in [6, 6.07) is 18.4. The second-order valence-corrected chi connectivity index (χ2v) is 5.51.